The normalized spacial score (nSPS) is 20.6. The zero-order valence-corrected chi connectivity index (χ0v) is 11.5. The van der Waals surface area contributed by atoms with E-state index in [9.17, 15) is 0 Å². The van der Waals surface area contributed by atoms with Crippen molar-refractivity contribution in [1.29, 1.82) is 0 Å². The fourth-order valence-electron chi connectivity index (χ4n) is 2.10. The molecule has 1 fully saturated rings. The Balaban J connectivity index is 1.84. The number of piperazine rings is 1. The highest BCUT2D eigenvalue weighted by molar-refractivity contribution is 7.09. The zero-order valence-electron chi connectivity index (χ0n) is 10.7. The van der Waals surface area contributed by atoms with Crippen LogP contribution in [-0.2, 0) is 6.54 Å². The van der Waals surface area contributed by atoms with Crippen molar-refractivity contribution < 1.29 is 0 Å². The highest BCUT2D eigenvalue weighted by atomic mass is 32.1. The summed E-state index contributed by atoms with van der Waals surface area (Å²) in [6.07, 6.45) is 0. The van der Waals surface area contributed by atoms with Crippen LogP contribution >= 0.6 is 11.3 Å². The van der Waals surface area contributed by atoms with Crippen molar-refractivity contribution in [3.05, 3.63) is 16.1 Å². The van der Waals surface area contributed by atoms with Crippen molar-refractivity contribution in [2.75, 3.05) is 32.7 Å². The minimum absolute atomic E-state index is 0.0608. The lowest BCUT2D eigenvalue weighted by atomic mass is 10.3. The van der Waals surface area contributed by atoms with Crippen molar-refractivity contribution in [2.24, 2.45) is 5.73 Å². The maximum absolute atomic E-state index is 5.82. The second kappa shape index (κ2) is 5.91. The van der Waals surface area contributed by atoms with E-state index in [4.69, 9.17) is 5.73 Å². The first-order chi connectivity index (χ1) is 8.19. The van der Waals surface area contributed by atoms with Crippen LogP contribution in [0.5, 0.6) is 0 Å². The molecule has 17 heavy (non-hydrogen) atoms. The topological polar surface area (TPSA) is 45.4 Å². The molecule has 0 radical (unpaired) electrons. The van der Waals surface area contributed by atoms with Gasteiger partial charge in [0.1, 0.15) is 5.01 Å². The average Bonchev–Trinajstić information content (AvgIpc) is 2.79. The Kier molecular flexibility index (Phi) is 4.50. The standard InChI is InChI=1S/C12H22N4S/c1-3-15-4-6-16(7-5-15)8-11-9-17-12(14-11)10(2)13/h9-10H,3-8,13H2,1-2H3. The molecular weight excluding hydrogens is 232 g/mol. The minimum Gasteiger partial charge on any atom is -0.322 e. The van der Waals surface area contributed by atoms with Crippen molar-refractivity contribution in [2.45, 2.75) is 26.4 Å². The summed E-state index contributed by atoms with van der Waals surface area (Å²) in [5.41, 5.74) is 7.00. The van der Waals surface area contributed by atoms with Gasteiger partial charge in [-0.15, -0.1) is 11.3 Å². The molecular formula is C12H22N4S. The van der Waals surface area contributed by atoms with Gasteiger partial charge in [-0.05, 0) is 13.5 Å². The number of nitrogens with two attached hydrogens (primary N) is 1. The van der Waals surface area contributed by atoms with Crippen LogP contribution in [0.4, 0.5) is 0 Å². The second-order valence-corrected chi connectivity index (χ2v) is 5.57. The largest absolute Gasteiger partial charge is 0.322 e. The number of rotatable bonds is 4. The van der Waals surface area contributed by atoms with Crippen LogP contribution in [0, 0.1) is 0 Å². The third kappa shape index (κ3) is 3.48. The molecule has 1 saturated heterocycles. The van der Waals surface area contributed by atoms with Crippen LogP contribution in [0.2, 0.25) is 0 Å². The number of thiazole rings is 1. The van der Waals surface area contributed by atoms with Gasteiger partial charge in [0.05, 0.1) is 11.7 Å². The summed E-state index contributed by atoms with van der Waals surface area (Å²) in [7, 11) is 0. The molecule has 5 heteroatoms. The Morgan fingerprint density at radius 1 is 1.35 bits per heavy atom. The number of likely N-dealkylation sites (N-methyl/N-ethyl adjacent to an activating group) is 1. The van der Waals surface area contributed by atoms with Crippen molar-refractivity contribution in [1.82, 2.24) is 14.8 Å². The first-order valence-corrected chi connectivity index (χ1v) is 7.21. The molecule has 2 heterocycles. The van der Waals surface area contributed by atoms with Gasteiger partial charge in [0.15, 0.2) is 0 Å². The maximum atomic E-state index is 5.82. The summed E-state index contributed by atoms with van der Waals surface area (Å²) in [5.74, 6) is 0. The van der Waals surface area contributed by atoms with E-state index in [2.05, 4.69) is 27.1 Å². The summed E-state index contributed by atoms with van der Waals surface area (Å²) >= 11 is 1.68. The fourth-order valence-corrected chi connectivity index (χ4v) is 2.87. The Morgan fingerprint density at radius 3 is 2.53 bits per heavy atom. The number of hydrogen-bond donors (Lipinski definition) is 1. The third-order valence-electron chi connectivity index (χ3n) is 3.26. The number of hydrogen-bond acceptors (Lipinski definition) is 5. The zero-order chi connectivity index (χ0) is 12.3. The summed E-state index contributed by atoms with van der Waals surface area (Å²) in [6, 6.07) is 0.0608. The van der Waals surface area contributed by atoms with Crippen LogP contribution in [0.25, 0.3) is 0 Å². The summed E-state index contributed by atoms with van der Waals surface area (Å²) in [5, 5.41) is 3.19. The molecule has 4 nitrogen and oxygen atoms in total. The van der Waals surface area contributed by atoms with Gasteiger partial charge in [-0.1, -0.05) is 6.92 Å². The van der Waals surface area contributed by atoms with Gasteiger partial charge in [-0.2, -0.15) is 0 Å². The molecule has 0 bridgehead atoms. The van der Waals surface area contributed by atoms with E-state index < -0.39 is 0 Å². The third-order valence-corrected chi connectivity index (χ3v) is 4.35. The Morgan fingerprint density at radius 2 is 2.00 bits per heavy atom. The van der Waals surface area contributed by atoms with Crippen LogP contribution in [0.15, 0.2) is 5.38 Å². The predicted octanol–water partition coefficient (Wildman–Crippen LogP) is 1.30. The van der Waals surface area contributed by atoms with E-state index in [1.54, 1.807) is 11.3 Å². The van der Waals surface area contributed by atoms with Crippen molar-refractivity contribution in [3.63, 3.8) is 0 Å². The van der Waals surface area contributed by atoms with Crippen LogP contribution in [0.1, 0.15) is 30.6 Å². The fraction of sp³-hybridized carbons (Fsp3) is 0.750. The van der Waals surface area contributed by atoms with E-state index in [-0.39, 0.29) is 6.04 Å². The number of nitrogens with zero attached hydrogens (tertiary/aromatic N) is 3. The Hall–Kier alpha value is -0.490. The quantitative estimate of drug-likeness (QED) is 0.880. The average molecular weight is 254 g/mol. The van der Waals surface area contributed by atoms with E-state index in [0.29, 0.717) is 0 Å². The van der Waals surface area contributed by atoms with Gasteiger partial charge < -0.3 is 10.6 Å². The molecule has 1 aliphatic rings. The van der Waals surface area contributed by atoms with E-state index in [1.165, 1.54) is 25.3 Å². The van der Waals surface area contributed by atoms with E-state index >= 15 is 0 Å². The number of aromatic nitrogens is 1. The molecule has 96 valence electrons. The minimum atomic E-state index is 0.0608. The van der Waals surface area contributed by atoms with Crippen molar-refractivity contribution >= 4 is 11.3 Å². The highest BCUT2D eigenvalue weighted by Crippen LogP contribution is 2.17. The molecule has 1 unspecified atom stereocenters. The first kappa shape index (κ1) is 13.0. The lowest BCUT2D eigenvalue weighted by Gasteiger charge is -2.33. The van der Waals surface area contributed by atoms with Crippen LogP contribution in [0.3, 0.4) is 0 Å². The summed E-state index contributed by atoms with van der Waals surface area (Å²) in [6.45, 7) is 11.0. The molecule has 1 atom stereocenters. The lowest BCUT2D eigenvalue weighted by Crippen LogP contribution is -2.45. The van der Waals surface area contributed by atoms with Crippen LogP contribution < -0.4 is 5.73 Å². The van der Waals surface area contributed by atoms with Gasteiger partial charge in [0.2, 0.25) is 0 Å². The molecule has 0 aliphatic carbocycles. The molecule has 1 aromatic heterocycles. The highest BCUT2D eigenvalue weighted by Gasteiger charge is 2.16. The first-order valence-electron chi connectivity index (χ1n) is 6.33. The molecule has 1 aliphatic heterocycles. The van der Waals surface area contributed by atoms with Crippen molar-refractivity contribution in [3.8, 4) is 0 Å². The van der Waals surface area contributed by atoms with Crippen LogP contribution in [-0.4, -0.2) is 47.5 Å². The molecule has 0 amide bonds. The smallest absolute Gasteiger partial charge is 0.109 e. The Labute approximate surface area is 107 Å². The molecule has 0 aromatic carbocycles. The molecule has 2 rings (SSSR count). The molecule has 0 spiro atoms. The lowest BCUT2D eigenvalue weighted by molar-refractivity contribution is 0.131. The monoisotopic (exact) mass is 254 g/mol. The maximum Gasteiger partial charge on any atom is 0.109 e. The van der Waals surface area contributed by atoms with Gasteiger partial charge >= 0.3 is 0 Å². The van der Waals surface area contributed by atoms with Gasteiger partial charge in [-0.3, -0.25) is 4.90 Å². The summed E-state index contributed by atoms with van der Waals surface area (Å²) in [4.78, 5) is 9.55. The molecule has 1 aromatic rings. The summed E-state index contributed by atoms with van der Waals surface area (Å²) < 4.78 is 0. The van der Waals surface area contributed by atoms with Gasteiger partial charge in [-0.25, -0.2) is 4.98 Å². The van der Waals surface area contributed by atoms with Gasteiger partial charge in [0, 0.05) is 38.1 Å². The van der Waals surface area contributed by atoms with E-state index in [1.807, 2.05) is 6.92 Å². The SMILES string of the molecule is CCN1CCN(Cc2csc(C(C)N)n2)CC1. The Bertz CT molecular complexity index is 342. The van der Waals surface area contributed by atoms with E-state index in [0.717, 1.165) is 24.6 Å². The van der Waals surface area contributed by atoms with Gasteiger partial charge in [0.25, 0.3) is 0 Å². The second-order valence-electron chi connectivity index (χ2n) is 4.68. The molecule has 2 N–H and O–H groups in total. The predicted molar refractivity (Wildman–Crippen MR) is 72.1 cm³/mol. The molecule has 0 saturated carbocycles.